The Morgan fingerprint density at radius 1 is 1.50 bits per heavy atom. The van der Waals surface area contributed by atoms with Crippen LogP contribution in [0.4, 0.5) is 10.8 Å². The molecule has 24 heavy (non-hydrogen) atoms. The van der Waals surface area contributed by atoms with Crippen LogP contribution in [0.15, 0.2) is 0 Å². The lowest BCUT2D eigenvalue weighted by Crippen LogP contribution is -2.20. The molecule has 3 rings (SSSR count). The number of nitro groups is 1. The minimum atomic E-state index is -0.470. The maximum absolute atomic E-state index is 12.2. The molecular weight excluding hydrogens is 330 g/mol. The third-order valence-corrected chi connectivity index (χ3v) is 5.29. The van der Waals surface area contributed by atoms with Gasteiger partial charge in [0.25, 0.3) is 0 Å². The number of hydrogen-bond donors (Lipinski definition) is 1. The molecule has 1 atom stereocenters. The first-order valence-electron chi connectivity index (χ1n) is 7.82. The number of carbonyl (C=O) groups excluding carboxylic acids is 1. The highest BCUT2D eigenvalue weighted by molar-refractivity contribution is 7.15. The van der Waals surface area contributed by atoms with E-state index >= 15 is 0 Å². The lowest BCUT2D eigenvalue weighted by atomic mass is 9.93. The highest BCUT2D eigenvalue weighted by Crippen LogP contribution is 2.32. The number of nitrogens with one attached hydrogen (secondary N) is 1. The summed E-state index contributed by atoms with van der Waals surface area (Å²) in [6.45, 7) is 5.31. The number of fused-ring (bicyclic) bond motifs is 1. The predicted octanol–water partition coefficient (Wildman–Crippen LogP) is 2.63. The van der Waals surface area contributed by atoms with E-state index in [2.05, 4.69) is 22.3 Å². The summed E-state index contributed by atoms with van der Waals surface area (Å²) in [5.74, 6) is 0.367. The molecule has 8 nitrogen and oxygen atoms in total. The maximum Gasteiger partial charge on any atom is 0.312 e. The van der Waals surface area contributed by atoms with Gasteiger partial charge in [0.1, 0.15) is 17.9 Å². The smallest absolute Gasteiger partial charge is 0.300 e. The first kappa shape index (κ1) is 16.6. The van der Waals surface area contributed by atoms with Crippen molar-refractivity contribution in [3.63, 3.8) is 0 Å². The Hall–Kier alpha value is -2.29. The summed E-state index contributed by atoms with van der Waals surface area (Å²) in [7, 11) is 0. The Balaban J connectivity index is 1.71. The molecule has 0 saturated heterocycles. The lowest BCUT2D eigenvalue weighted by molar-refractivity contribution is -0.386. The van der Waals surface area contributed by atoms with Crippen molar-refractivity contribution in [1.29, 1.82) is 0 Å². The van der Waals surface area contributed by atoms with Crippen molar-refractivity contribution in [1.82, 2.24) is 14.8 Å². The van der Waals surface area contributed by atoms with Crippen LogP contribution in [0.2, 0.25) is 0 Å². The van der Waals surface area contributed by atoms with Crippen molar-refractivity contribution in [2.24, 2.45) is 5.92 Å². The fraction of sp³-hybridized carbons (Fsp3) is 0.533. The van der Waals surface area contributed by atoms with Crippen LogP contribution in [-0.4, -0.2) is 25.6 Å². The molecule has 2 heterocycles. The molecule has 1 N–H and O–H groups in total. The number of carbonyl (C=O) groups is 1. The highest BCUT2D eigenvalue weighted by Gasteiger charge is 2.24. The molecule has 0 aromatic carbocycles. The fourth-order valence-corrected chi connectivity index (χ4v) is 4.18. The van der Waals surface area contributed by atoms with E-state index in [0.29, 0.717) is 22.4 Å². The summed E-state index contributed by atoms with van der Waals surface area (Å²) in [6, 6.07) is 0. The molecular formula is C15H19N5O3S. The molecule has 2 aromatic rings. The molecule has 1 aliphatic rings. The van der Waals surface area contributed by atoms with Gasteiger partial charge in [-0.3, -0.25) is 19.6 Å². The van der Waals surface area contributed by atoms with E-state index in [9.17, 15) is 14.9 Å². The van der Waals surface area contributed by atoms with Gasteiger partial charge >= 0.3 is 5.69 Å². The van der Waals surface area contributed by atoms with E-state index in [4.69, 9.17) is 0 Å². The van der Waals surface area contributed by atoms with Crippen molar-refractivity contribution >= 4 is 28.1 Å². The van der Waals surface area contributed by atoms with E-state index < -0.39 is 4.92 Å². The number of aryl methyl sites for hydroxylation is 2. The zero-order chi connectivity index (χ0) is 17.4. The number of nitrogens with zero attached hydrogens (tertiary/aromatic N) is 4. The molecule has 0 radical (unpaired) electrons. The number of aromatic nitrogens is 3. The van der Waals surface area contributed by atoms with Gasteiger partial charge in [-0.15, -0.1) is 11.3 Å². The van der Waals surface area contributed by atoms with Crippen LogP contribution in [0.3, 0.4) is 0 Å². The number of amides is 1. The second kappa shape index (κ2) is 6.31. The lowest BCUT2D eigenvalue weighted by Gasteiger charge is -2.15. The first-order valence-corrected chi connectivity index (χ1v) is 8.63. The quantitative estimate of drug-likeness (QED) is 0.675. The summed E-state index contributed by atoms with van der Waals surface area (Å²) in [4.78, 5) is 28.5. The van der Waals surface area contributed by atoms with Crippen molar-refractivity contribution in [2.75, 3.05) is 5.32 Å². The Bertz CT molecular complexity index is 810. The van der Waals surface area contributed by atoms with E-state index in [1.807, 2.05) is 0 Å². The summed E-state index contributed by atoms with van der Waals surface area (Å²) < 4.78 is 1.36. The summed E-state index contributed by atoms with van der Waals surface area (Å²) in [5, 5.41) is 18.5. The van der Waals surface area contributed by atoms with Crippen molar-refractivity contribution in [3.8, 4) is 0 Å². The van der Waals surface area contributed by atoms with Gasteiger partial charge in [-0.25, -0.2) is 4.98 Å². The molecule has 128 valence electrons. The van der Waals surface area contributed by atoms with Gasteiger partial charge < -0.3 is 5.32 Å². The molecule has 0 bridgehead atoms. The zero-order valence-electron chi connectivity index (χ0n) is 13.8. The standard InChI is InChI=1S/C15H19N5O3S/c1-8-4-5-11-12(6-8)24-15(16-11)17-13(21)7-19-10(3)14(20(22)23)9(2)18-19/h8H,4-7H2,1-3H3,(H,16,17,21)/t8-/m1/s1. The Kier molecular flexibility index (Phi) is 4.35. The van der Waals surface area contributed by atoms with Crippen LogP contribution in [0.1, 0.15) is 35.3 Å². The van der Waals surface area contributed by atoms with Gasteiger partial charge in [-0.05, 0) is 39.0 Å². The minimum absolute atomic E-state index is 0.0403. The molecule has 1 aliphatic carbocycles. The topological polar surface area (TPSA) is 103 Å². The number of rotatable bonds is 4. The molecule has 0 spiro atoms. The second-order valence-corrected chi connectivity index (χ2v) is 7.30. The highest BCUT2D eigenvalue weighted by atomic mass is 32.1. The number of hydrogen-bond acceptors (Lipinski definition) is 6. The predicted molar refractivity (Wildman–Crippen MR) is 90.3 cm³/mol. The van der Waals surface area contributed by atoms with Gasteiger partial charge in [0, 0.05) is 4.88 Å². The second-order valence-electron chi connectivity index (χ2n) is 6.22. The monoisotopic (exact) mass is 349 g/mol. The molecule has 0 unspecified atom stereocenters. The summed E-state index contributed by atoms with van der Waals surface area (Å²) >= 11 is 1.51. The minimum Gasteiger partial charge on any atom is -0.300 e. The van der Waals surface area contributed by atoms with Crippen molar-refractivity contribution in [3.05, 3.63) is 32.1 Å². The van der Waals surface area contributed by atoms with Crippen LogP contribution in [0.5, 0.6) is 0 Å². The van der Waals surface area contributed by atoms with E-state index in [1.165, 1.54) is 20.9 Å². The van der Waals surface area contributed by atoms with Gasteiger partial charge in [-0.1, -0.05) is 6.92 Å². The van der Waals surface area contributed by atoms with Gasteiger partial charge in [0.2, 0.25) is 5.91 Å². The van der Waals surface area contributed by atoms with Crippen LogP contribution >= 0.6 is 11.3 Å². The van der Waals surface area contributed by atoms with E-state index in [-0.39, 0.29) is 18.1 Å². The molecule has 2 aromatic heterocycles. The van der Waals surface area contributed by atoms with E-state index in [1.54, 1.807) is 13.8 Å². The molecule has 0 saturated carbocycles. The summed E-state index contributed by atoms with van der Waals surface area (Å²) in [6.07, 6.45) is 3.08. The zero-order valence-corrected chi connectivity index (χ0v) is 14.6. The average molecular weight is 349 g/mol. The van der Waals surface area contributed by atoms with Gasteiger partial charge in [0.05, 0.1) is 10.6 Å². The number of anilines is 1. The third-order valence-electron chi connectivity index (χ3n) is 4.25. The van der Waals surface area contributed by atoms with Crippen LogP contribution in [-0.2, 0) is 24.2 Å². The summed E-state index contributed by atoms with van der Waals surface area (Å²) in [5.41, 5.74) is 1.72. The molecule has 1 amide bonds. The Labute approximate surface area is 143 Å². The maximum atomic E-state index is 12.2. The Morgan fingerprint density at radius 2 is 2.25 bits per heavy atom. The van der Waals surface area contributed by atoms with Crippen LogP contribution < -0.4 is 5.32 Å². The molecule has 0 aliphatic heterocycles. The third kappa shape index (κ3) is 3.16. The van der Waals surface area contributed by atoms with Crippen molar-refractivity contribution in [2.45, 2.75) is 46.6 Å². The largest absolute Gasteiger partial charge is 0.312 e. The van der Waals surface area contributed by atoms with Crippen LogP contribution in [0.25, 0.3) is 0 Å². The number of thiazole rings is 1. The van der Waals surface area contributed by atoms with E-state index in [0.717, 1.165) is 25.0 Å². The van der Waals surface area contributed by atoms with Gasteiger partial charge in [0.15, 0.2) is 5.13 Å². The van der Waals surface area contributed by atoms with Crippen LogP contribution in [0, 0.1) is 29.9 Å². The van der Waals surface area contributed by atoms with Crippen molar-refractivity contribution < 1.29 is 9.72 Å². The first-order chi connectivity index (χ1) is 11.3. The average Bonchev–Trinajstić information content (AvgIpc) is 2.98. The molecule has 0 fully saturated rings. The molecule has 9 heteroatoms. The van der Waals surface area contributed by atoms with Gasteiger partial charge in [-0.2, -0.15) is 5.10 Å². The SMILES string of the molecule is Cc1nn(CC(=O)Nc2nc3c(s2)C[C@H](C)CC3)c(C)c1[N+](=O)[O-]. The fourth-order valence-electron chi connectivity index (χ4n) is 2.99. The normalized spacial score (nSPS) is 16.7. The Morgan fingerprint density at radius 3 is 2.92 bits per heavy atom.